The number of aromatic nitrogens is 1. The van der Waals surface area contributed by atoms with Gasteiger partial charge in [0.1, 0.15) is 0 Å². The molecule has 0 radical (unpaired) electrons. The Labute approximate surface area is 124 Å². The van der Waals surface area contributed by atoms with Crippen LogP contribution in [0.1, 0.15) is 0 Å². The number of benzene rings is 2. The van der Waals surface area contributed by atoms with Crippen molar-refractivity contribution < 1.29 is 4.21 Å². The molecule has 0 N–H and O–H groups in total. The van der Waals surface area contributed by atoms with Gasteiger partial charge in [0.05, 0.1) is 16.5 Å². The summed E-state index contributed by atoms with van der Waals surface area (Å²) in [5.41, 5.74) is 4.33. The summed E-state index contributed by atoms with van der Waals surface area (Å²) < 4.78 is 12.1. The minimum Gasteiger partial charge on any atom is -0.252 e. The van der Waals surface area contributed by atoms with E-state index in [0.29, 0.717) is 4.34 Å². The van der Waals surface area contributed by atoms with Gasteiger partial charge in [-0.3, -0.25) is 4.21 Å². The van der Waals surface area contributed by atoms with E-state index >= 15 is 0 Å². The van der Waals surface area contributed by atoms with Crippen LogP contribution in [-0.2, 0) is 10.8 Å². The zero-order valence-electron chi connectivity index (χ0n) is 10.9. The summed E-state index contributed by atoms with van der Waals surface area (Å²) >= 11 is 1.44. The van der Waals surface area contributed by atoms with Crippen LogP contribution < -0.4 is 0 Å². The summed E-state index contributed by atoms with van der Waals surface area (Å²) in [6.45, 7) is 0. The average molecular weight is 299 g/mol. The van der Waals surface area contributed by atoms with Crippen molar-refractivity contribution in [2.45, 2.75) is 4.34 Å². The maximum atomic E-state index is 11.4. The smallest absolute Gasteiger partial charge is 0.180 e. The van der Waals surface area contributed by atoms with Crippen LogP contribution in [0.15, 0.2) is 64.3 Å². The summed E-state index contributed by atoms with van der Waals surface area (Å²) in [6, 6.07) is 18.6. The summed E-state index contributed by atoms with van der Waals surface area (Å²) in [7, 11) is -1.01. The minimum absolute atomic E-state index is 0.673. The quantitative estimate of drug-likeness (QED) is 0.725. The molecule has 3 rings (SSSR count). The van der Waals surface area contributed by atoms with Crippen LogP contribution in [0.4, 0.5) is 0 Å². The number of hydrogen-bond acceptors (Lipinski definition) is 3. The lowest BCUT2D eigenvalue weighted by atomic mass is 10.0. The molecular formula is C16H13NOS2. The van der Waals surface area contributed by atoms with Crippen LogP contribution in [0.25, 0.3) is 22.4 Å². The van der Waals surface area contributed by atoms with Gasteiger partial charge in [-0.25, -0.2) is 4.98 Å². The number of nitrogens with zero attached hydrogens (tertiary/aromatic N) is 1. The molecule has 0 saturated heterocycles. The number of thiazole rings is 1. The van der Waals surface area contributed by atoms with Gasteiger partial charge in [-0.2, -0.15) is 0 Å². The van der Waals surface area contributed by atoms with E-state index in [-0.39, 0.29) is 0 Å². The van der Waals surface area contributed by atoms with Gasteiger partial charge in [-0.05, 0) is 11.1 Å². The fourth-order valence-electron chi connectivity index (χ4n) is 1.99. The molecule has 0 aliphatic carbocycles. The molecule has 0 spiro atoms. The Bertz CT molecular complexity index is 733. The van der Waals surface area contributed by atoms with Crippen LogP contribution >= 0.6 is 11.3 Å². The monoisotopic (exact) mass is 299 g/mol. The minimum atomic E-state index is -1.01. The predicted octanol–water partition coefficient (Wildman–Crippen LogP) is 4.21. The zero-order valence-corrected chi connectivity index (χ0v) is 12.6. The van der Waals surface area contributed by atoms with Crippen molar-refractivity contribution in [3.8, 4) is 22.4 Å². The van der Waals surface area contributed by atoms with Gasteiger partial charge in [0, 0.05) is 17.2 Å². The van der Waals surface area contributed by atoms with Crippen LogP contribution in [0, 0.1) is 0 Å². The Morgan fingerprint density at radius 2 is 1.50 bits per heavy atom. The van der Waals surface area contributed by atoms with Crippen molar-refractivity contribution in [3.05, 3.63) is 60.0 Å². The van der Waals surface area contributed by atoms with Gasteiger partial charge in [0.15, 0.2) is 4.34 Å². The highest BCUT2D eigenvalue weighted by atomic mass is 32.2. The number of rotatable bonds is 3. The lowest BCUT2D eigenvalue weighted by Crippen LogP contribution is -1.86. The molecule has 100 valence electrons. The molecule has 0 aliphatic heterocycles. The van der Waals surface area contributed by atoms with Crippen LogP contribution in [-0.4, -0.2) is 15.4 Å². The highest BCUT2D eigenvalue weighted by Crippen LogP contribution is 2.26. The molecule has 3 aromatic rings. The molecule has 1 heterocycles. The largest absolute Gasteiger partial charge is 0.252 e. The molecule has 1 atom stereocenters. The van der Waals surface area contributed by atoms with E-state index < -0.39 is 10.8 Å². The molecule has 0 bridgehead atoms. The topological polar surface area (TPSA) is 30.0 Å². The Hall–Kier alpha value is -1.78. The van der Waals surface area contributed by atoms with E-state index in [0.717, 1.165) is 11.3 Å². The van der Waals surface area contributed by atoms with Crippen molar-refractivity contribution in [1.82, 2.24) is 4.98 Å². The molecule has 2 nitrogen and oxygen atoms in total. The standard InChI is InChI=1S/C16H13NOS2/c1-20(18)16-17-15(11-19-16)14-9-7-13(8-10-14)12-5-3-2-4-6-12/h2-11H,1H3. The zero-order chi connectivity index (χ0) is 13.9. The van der Waals surface area contributed by atoms with Crippen molar-refractivity contribution >= 4 is 22.1 Å². The summed E-state index contributed by atoms with van der Waals surface area (Å²) in [6.07, 6.45) is 1.65. The fourth-order valence-corrected chi connectivity index (χ4v) is 3.45. The van der Waals surface area contributed by atoms with E-state index in [1.54, 1.807) is 6.26 Å². The highest BCUT2D eigenvalue weighted by molar-refractivity contribution is 7.86. The lowest BCUT2D eigenvalue weighted by Gasteiger charge is -2.02. The van der Waals surface area contributed by atoms with Gasteiger partial charge >= 0.3 is 0 Å². The molecule has 0 fully saturated rings. The van der Waals surface area contributed by atoms with Crippen molar-refractivity contribution in [2.75, 3.05) is 6.26 Å². The molecular weight excluding hydrogens is 286 g/mol. The Kier molecular flexibility index (Phi) is 3.76. The molecule has 2 aromatic carbocycles. The molecule has 0 saturated carbocycles. The van der Waals surface area contributed by atoms with E-state index in [1.165, 1.54) is 22.5 Å². The van der Waals surface area contributed by atoms with Gasteiger partial charge in [-0.1, -0.05) is 54.6 Å². The molecule has 0 amide bonds. The van der Waals surface area contributed by atoms with Crippen molar-refractivity contribution in [2.24, 2.45) is 0 Å². The third-order valence-corrected chi connectivity index (χ3v) is 5.23. The second-order valence-electron chi connectivity index (χ2n) is 4.40. The fraction of sp³-hybridized carbons (Fsp3) is 0.0625. The van der Waals surface area contributed by atoms with Gasteiger partial charge < -0.3 is 0 Å². The predicted molar refractivity (Wildman–Crippen MR) is 85.3 cm³/mol. The first-order valence-corrected chi connectivity index (χ1v) is 8.62. The molecule has 20 heavy (non-hydrogen) atoms. The third-order valence-electron chi connectivity index (χ3n) is 3.02. The molecule has 1 unspecified atom stereocenters. The van der Waals surface area contributed by atoms with Gasteiger partial charge in [0.25, 0.3) is 0 Å². The van der Waals surface area contributed by atoms with E-state index in [4.69, 9.17) is 0 Å². The maximum Gasteiger partial charge on any atom is 0.180 e. The average Bonchev–Trinajstić information content (AvgIpc) is 2.98. The van der Waals surface area contributed by atoms with Crippen LogP contribution in [0.2, 0.25) is 0 Å². The van der Waals surface area contributed by atoms with Gasteiger partial charge in [0.2, 0.25) is 0 Å². The Morgan fingerprint density at radius 1 is 0.900 bits per heavy atom. The molecule has 4 heteroatoms. The second kappa shape index (κ2) is 5.69. The summed E-state index contributed by atoms with van der Waals surface area (Å²) in [5.74, 6) is 0. The lowest BCUT2D eigenvalue weighted by molar-refractivity contribution is 0.686. The van der Waals surface area contributed by atoms with Crippen molar-refractivity contribution in [1.29, 1.82) is 0 Å². The third kappa shape index (κ3) is 2.71. The van der Waals surface area contributed by atoms with E-state index in [2.05, 4.69) is 41.4 Å². The normalized spacial score (nSPS) is 12.2. The Morgan fingerprint density at radius 3 is 2.10 bits per heavy atom. The van der Waals surface area contributed by atoms with Crippen LogP contribution in [0.3, 0.4) is 0 Å². The van der Waals surface area contributed by atoms with E-state index in [1.807, 2.05) is 23.6 Å². The summed E-state index contributed by atoms with van der Waals surface area (Å²) in [4.78, 5) is 4.40. The van der Waals surface area contributed by atoms with Crippen molar-refractivity contribution in [3.63, 3.8) is 0 Å². The maximum absolute atomic E-state index is 11.4. The van der Waals surface area contributed by atoms with E-state index in [9.17, 15) is 4.21 Å². The highest BCUT2D eigenvalue weighted by Gasteiger charge is 2.07. The second-order valence-corrected chi connectivity index (χ2v) is 6.81. The molecule has 0 aliphatic rings. The first-order valence-electron chi connectivity index (χ1n) is 6.19. The number of hydrogen-bond donors (Lipinski definition) is 0. The molecule has 1 aromatic heterocycles. The summed E-state index contributed by atoms with van der Waals surface area (Å²) in [5, 5.41) is 1.95. The van der Waals surface area contributed by atoms with Crippen LogP contribution in [0.5, 0.6) is 0 Å². The Balaban J connectivity index is 1.91. The first kappa shape index (κ1) is 13.2. The first-order chi connectivity index (χ1) is 9.74. The SMILES string of the molecule is CS(=O)c1nc(-c2ccc(-c3ccccc3)cc2)cs1. The van der Waals surface area contributed by atoms with Gasteiger partial charge in [-0.15, -0.1) is 11.3 Å².